The maximum absolute atomic E-state index is 5.42. The lowest BCUT2D eigenvalue weighted by atomic mass is 10.1. The molecular weight excluding hydrogens is 344 g/mol. The average Bonchev–Trinajstić information content (AvgIpc) is 2.77. The molecule has 0 spiro atoms. The summed E-state index contributed by atoms with van der Waals surface area (Å²) < 4.78 is 5.42. The van der Waals surface area contributed by atoms with Gasteiger partial charge in [-0.15, -0.1) is 0 Å². The second-order valence-corrected chi connectivity index (χ2v) is 6.52. The number of hydrogen-bond acceptors (Lipinski definition) is 3. The number of hydrogen-bond donors (Lipinski definition) is 1. The molecule has 0 saturated heterocycles. The van der Waals surface area contributed by atoms with Crippen LogP contribution in [0.3, 0.4) is 0 Å². The van der Waals surface area contributed by atoms with E-state index in [9.17, 15) is 0 Å². The van der Waals surface area contributed by atoms with Gasteiger partial charge in [0.1, 0.15) is 11.6 Å². The predicted octanol–water partition coefficient (Wildman–Crippen LogP) is 6.03. The van der Waals surface area contributed by atoms with Crippen LogP contribution in [0.25, 0.3) is 23.1 Å². The Balaban J connectivity index is 1.56. The molecule has 0 aliphatic rings. The summed E-state index contributed by atoms with van der Waals surface area (Å²) in [5, 5.41) is 4.53. The Morgan fingerprint density at radius 2 is 1.64 bits per heavy atom. The van der Waals surface area contributed by atoms with Gasteiger partial charge in [-0.25, -0.2) is 4.98 Å². The number of methoxy groups -OCH3 is 1. The van der Waals surface area contributed by atoms with Crippen LogP contribution in [0.15, 0.2) is 84.9 Å². The van der Waals surface area contributed by atoms with Gasteiger partial charge in [-0.1, -0.05) is 72.8 Å². The van der Waals surface area contributed by atoms with Gasteiger partial charge in [0, 0.05) is 17.5 Å². The van der Waals surface area contributed by atoms with Gasteiger partial charge in [0.25, 0.3) is 0 Å². The number of anilines is 1. The van der Waals surface area contributed by atoms with Crippen LogP contribution in [0, 0.1) is 0 Å². The topological polar surface area (TPSA) is 34.1 Å². The van der Waals surface area contributed by atoms with Crippen LogP contribution < -0.4 is 10.1 Å². The zero-order chi connectivity index (χ0) is 19.2. The summed E-state index contributed by atoms with van der Waals surface area (Å²) >= 11 is 0. The van der Waals surface area contributed by atoms with E-state index in [1.54, 1.807) is 7.11 Å². The third-order valence-electron chi connectivity index (χ3n) is 4.67. The Bertz CT molecular complexity index is 1100. The molecule has 4 rings (SSSR count). The van der Waals surface area contributed by atoms with Gasteiger partial charge in [-0.2, -0.15) is 0 Å². The molecule has 3 heteroatoms. The number of pyridine rings is 1. The van der Waals surface area contributed by atoms with Gasteiger partial charge < -0.3 is 10.1 Å². The molecule has 0 bridgehead atoms. The van der Waals surface area contributed by atoms with Gasteiger partial charge in [0.05, 0.1) is 12.6 Å². The van der Waals surface area contributed by atoms with Crippen LogP contribution in [0.1, 0.15) is 16.7 Å². The Morgan fingerprint density at radius 1 is 0.821 bits per heavy atom. The van der Waals surface area contributed by atoms with E-state index in [0.717, 1.165) is 33.6 Å². The van der Waals surface area contributed by atoms with Crippen molar-refractivity contribution < 1.29 is 4.74 Å². The number of aromatic nitrogens is 1. The van der Waals surface area contributed by atoms with Crippen LogP contribution in [-0.4, -0.2) is 12.1 Å². The Morgan fingerprint density at radius 3 is 2.50 bits per heavy atom. The highest BCUT2D eigenvalue weighted by Crippen LogP contribution is 2.23. The molecule has 0 radical (unpaired) electrons. The first-order chi connectivity index (χ1) is 13.8. The average molecular weight is 366 g/mol. The van der Waals surface area contributed by atoms with Crippen LogP contribution in [0.5, 0.6) is 5.75 Å². The van der Waals surface area contributed by atoms with E-state index in [-0.39, 0.29) is 0 Å². The first-order valence-corrected chi connectivity index (χ1v) is 9.32. The number of rotatable bonds is 6. The molecule has 28 heavy (non-hydrogen) atoms. The largest absolute Gasteiger partial charge is 0.496 e. The highest BCUT2D eigenvalue weighted by molar-refractivity contribution is 5.91. The molecule has 3 aromatic carbocycles. The molecule has 1 N–H and O–H groups in total. The zero-order valence-corrected chi connectivity index (χ0v) is 15.8. The van der Waals surface area contributed by atoms with Gasteiger partial charge in [-0.05, 0) is 35.4 Å². The van der Waals surface area contributed by atoms with E-state index in [4.69, 9.17) is 9.72 Å². The molecule has 0 atom stereocenters. The van der Waals surface area contributed by atoms with Crippen LogP contribution in [-0.2, 0) is 6.54 Å². The summed E-state index contributed by atoms with van der Waals surface area (Å²) in [6, 6.07) is 28.7. The maximum Gasteiger partial charge on any atom is 0.126 e. The van der Waals surface area contributed by atoms with E-state index >= 15 is 0 Å². The number of fused-ring (bicyclic) bond motifs is 1. The fraction of sp³-hybridized carbons (Fsp3) is 0.0800. The fourth-order valence-corrected chi connectivity index (χ4v) is 3.21. The van der Waals surface area contributed by atoms with Crippen molar-refractivity contribution in [2.45, 2.75) is 6.54 Å². The number of nitrogens with one attached hydrogen (secondary N) is 1. The van der Waals surface area contributed by atoms with E-state index in [0.29, 0.717) is 6.54 Å². The standard InChI is InChI=1S/C25H22N2O/c1-28-24-13-6-5-10-21(24)18-26-25-17-16-22-20(11-7-12-23(22)27-25)15-14-19-8-3-2-4-9-19/h2-17H,18H2,1H3,(H,26,27)/b15-14+. The molecule has 138 valence electrons. The van der Waals surface area contributed by atoms with Gasteiger partial charge in [-0.3, -0.25) is 0 Å². The van der Waals surface area contributed by atoms with Crippen LogP contribution in [0.4, 0.5) is 5.82 Å². The molecule has 4 aromatic rings. The second kappa shape index (κ2) is 8.40. The van der Waals surface area contributed by atoms with Gasteiger partial charge in [0.2, 0.25) is 0 Å². The summed E-state index contributed by atoms with van der Waals surface area (Å²) in [7, 11) is 1.69. The number of nitrogens with zero attached hydrogens (tertiary/aromatic N) is 1. The molecule has 0 amide bonds. The quantitative estimate of drug-likeness (QED) is 0.423. The minimum absolute atomic E-state index is 0.663. The second-order valence-electron chi connectivity index (χ2n) is 6.52. The van der Waals surface area contributed by atoms with E-state index in [1.165, 1.54) is 5.56 Å². The molecular formula is C25H22N2O. The van der Waals surface area contributed by atoms with Crippen LogP contribution in [0.2, 0.25) is 0 Å². The lowest BCUT2D eigenvalue weighted by molar-refractivity contribution is 0.410. The van der Waals surface area contributed by atoms with Gasteiger partial charge in [0.15, 0.2) is 0 Å². The maximum atomic E-state index is 5.42. The van der Waals surface area contributed by atoms with Crippen molar-refractivity contribution in [3.63, 3.8) is 0 Å². The first-order valence-electron chi connectivity index (χ1n) is 9.32. The highest BCUT2D eigenvalue weighted by atomic mass is 16.5. The zero-order valence-electron chi connectivity index (χ0n) is 15.8. The Hall–Kier alpha value is -3.59. The normalized spacial score (nSPS) is 11.0. The Kier molecular flexibility index (Phi) is 5.34. The highest BCUT2D eigenvalue weighted by Gasteiger charge is 2.04. The van der Waals surface area contributed by atoms with Crippen molar-refractivity contribution in [1.82, 2.24) is 4.98 Å². The molecule has 1 heterocycles. The molecule has 0 unspecified atom stereocenters. The lowest BCUT2D eigenvalue weighted by Crippen LogP contribution is -2.03. The summed E-state index contributed by atoms with van der Waals surface area (Å²) in [4.78, 5) is 4.78. The number of para-hydroxylation sites is 1. The molecule has 0 saturated carbocycles. The summed E-state index contributed by atoms with van der Waals surface area (Å²) in [5.41, 5.74) is 4.42. The minimum atomic E-state index is 0.663. The predicted molar refractivity (Wildman–Crippen MR) is 117 cm³/mol. The van der Waals surface area contributed by atoms with E-state index in [2.05, 4.69) is 47.8 Å². The number of ether oxygens (including phenoxy) is 1. The number of benzene rings is 3. The Labute approximate surface area is 165 Å². The summed E-state index contributed by atoms with van der Waals surface area (Å²) in [6.45, 7) is 0.663. The SMILES string of the molecule is COc1ccccc1CNc1ccc2c(/C=C/c3ccccc3)cccc2n1. The van der Waals surface area contributed by atoms with Crippen molar-refractivity contribution in [2.75, 3.05) is 12.4 Å². The van der Waals surface area contributed by atoms with E-state index < -0.39 is 0 Å². The summed E-state index contributed by atoms with van der Waals surface area (Å²) in [6.07, 6.45) is 4.27. The van der Waals surface area contributed by atoms with Crippen molar-refractivity contribution in [1.29, 1.82) is 0 Å². The van der Waals surface area contributed by atoms with Crippen molar-refractivity contribution >= 4 is 28.9 Å². The first kappa shape index (κ1) is 17.8. The summed E-state index contributed by atoms with van der Waals surface area (Å²) in [5.74, 6) is 1.73. The van der Waals surface area contributed by atoms with Crippen molar-refractivity contribution in [3.8, 4) is 5.75 Å². The monoisotopic (exact) mass is 366 g/mol. The van der Waals surface area contributed by atoms with Crippen molar-refractivity contribution in [3.05, 3.63) is 102 Å². The molecule has 1 aromatic heterocycles. The molecule has 0 aliphatic heterocycles. The molecule has 0 fully saturated rings. The minimum Gasteiger partial charge on any atom is -0.496 e. The third kappa shape index (κ3) is 4.04. The third-order valence-corrected chi connectivity index (χ3v) is 4.67. The molecule has 0 aliphatic carbocycles. The molecule has 3 nitrogen and oxygen atoms in total. The lowest BCUT2D eigenvalue weighted by Gasteiger charge is -2.11. The van der Waals surface area contributed by atoms with Crippen LogP contribution >= 0.6 is 0 Å². The van der Waals surface area contributed by atoms with E-state index in [1.807, 2.05) is 54.6 Å². The fourth-order valence-electron chi connectivity index (χ4n) is 3.21. The van der Waals surface area contributed by atoms with Gasteiger partial charge >= 0.3 is 0 Å². The van der Waals surface area contributed by atoms with Crippen molar-refractivity contribution in [2.24, 2.45) is 0 Å². The smallest absolute Gasteiger partial charge is 0.126 e.